The topological polar surface area (TPSA) is 12.0 Å². The van der Waals surface area contributed by atoms with Crippen LogP contribution in [0.25, 0.3) is 0 Å². The molecular weight excluding hydrogens is 273 g/mol. The van der Waals surface area contributed by atoms with Crippen LogP contribution in [0.4, 0.5) is 10.1 Å². The molecule has 1 nitrogen and oxygen atoms in total. The van der Waals surface area contributed by atoms with E-state index in [0.717, 1.165) is 24.1 Å². The van der Waals surface area contributed by atoms with Crippen LogP contribution in [0, 0.1) is 5.82 Å². The monoisotopic (exact) mass is 291 g/mol. The summed E-state index contributed by atoms with van der Waals surface area (Å²) in [5.41, 5.74) is 4.48. The van der Waals surface area contributed by atoms with E-state index >= 15 is 0 Å². The normalized spacial score (nSPS) is 10.6. The first kappa shape index (κ1) is 14.9. The van der Waals surface area contributed by atoms with Gasteiger partial charge in [0.15, 0.2) is 0 Å². The number of halogens is 2. The fourth-order valence-corrected chi connectivity index (χ4v) is 2.52. The van der Waals surface area contributed by atoms with Crippen molar-refractivity contribution in [3.63, 3.8) is 0 Å². The van der Waals surface area contributed by atoms with E-state index in [1.807, 2.05) is 0 Å². The molecule has 0 atom stereocenters. The lowest BCUT2D eigenvalue weighted by Crippen LogP contribution is -2.06. The van der Waals surface area contributed by atoms with E-state index in [1.54, 1.807) is 6.07 Å². The predicted molar refractivity (Wildman–Crippen MR) is 83.9 cm³/mol. The van der Waals surface area contributed by atoms with Crippen LogP contribution >= 0.6 is 11.6 Å². The summed E-state index contributed by atoms with van der Waals surface area (Å²) < 4.78 is 13.3. The average Bonchev–Trinajstić information content (AvgIpc) is 2.47. The Morgan fingerprint density at radius 3 is 2.25 bits per heavy atom. The molecule has 0 saturated carbocycles. The maximum atomic E-state index is 13.3. The Bertz CT molecular complexity index is 573. The molecule has 0 amide bonds. The van der Waals surface area contributed by atoms with Crippen LogP contribution in [0.2, 0.25) is 5.02 Å². The Morgan fingerprint density at radius 2 is 1.65 bits per heavy atom. The van der Waals surface area contributed by atoms with Crippen molar-refractivity contribution in [3.8, 4) is 0 Å². The number of nitrogens with one attached hydrogen (secondary N) is 1. The molecule has 0 unspecified atom stereocenters. The predicted octanol–water partition coefficient (Wildman–Crippen LogP) is 5.22. The Labute approximate surface area is 124 Å². The Balaban J connectivity index is 2.24. The van der Waals surface area contributed by atoms with Crippen LogP contribution in [0.5, 0.6) is 0 Å². The molecule has 0 aliphatic heterocycles. The molecule has 0 bridgehead atoms. The molecule has 3 heteroatoms. The van der Waals surface area contributed by atoms with Gasteiger partial charge in [0, 0.05) is 17.3 Å². The molecule has 2 aromatic carbocycles. The molecular formula is C17H19ClFN. The standard InChI is InChI=1S/C17H19ClFN/c1-3-12-6-5-7-13(4-2)17(12)20-11-14-10-15(19)8-9-16(14)18/h5-10,20H,3-4,11H2,1-2H3. The second-order valence-corrected chi connectivity index (χ2v) is 5.15. The van der Waals surface area contributed by atoms with Gasteiger partial charge in [0.1, 0.15) is 5.82 Å². The first-order valence-electron chi connectivity index (χ1n) is 6.94. The molecule has 0 radical (unpaired) electrons. The van der Waals surface area contributed by atoms with Gasteiger partial charge in [-0.15, -0.1) is 0 Å². The number of anilines is 1. The molecule has 1 N–H and O–H groups in total. The van der Waals surface area contributed by atoms with Crippen LogP contribution < -0.4 is 5.32 Å². The summed E-state index contributed by atoms with van der Waals surface area (Å²) in [5.74, 6) is -0.259. The van der Waals surface area contributed by atoms with Crippen LogP contribution in [0.1, 0.15) is 30.5 Å². The lowest BCUT2D eigenvalue weighted by Gasteiger charge is -2.16. The quantitative estimate of drug-likeness (QED) is 0.797. The largest absolute Gasteiger partial charge is 0.380 e. The van der Waals surface area contributed by atoms with E-state index in [1.165, 1.54) is 23.3 Å². The highest BCUT2D eigenvalue weighted by atomic mass is 35.5. The summed E-state index contributed by atoms with van der Waals surface area (Å²) in [5, 5.41) is 4.01. The van der Waals surface area contributed by atoms with E-state index in [4.69, 9.17) is 11.6 Å². The minimum absolute atomic E-state index is 0.259. The molecule has 0 aliphatic carbocycles. The summed E-state index contributed by atoms with van der Waals surface area (Å²) in [6.45, 7) is 4.80. The minimum Gasteiger partial charge on any atom is -0.380 e. The molecule has 2 aromatic rings. The summed E-state index contributed by atoms with van der Waals surface area (Å²) in [6, 6.07) is 10.8. The van der Waals surface area contributed by atoms with E-state index in [9.17, 15) is 4.39 Å². The summed E-state index contributed by atoms with van der Waals surface area (Å²) in [7, 11) is 0. The SMILES string of the molecule is CCc1cccc(CC)c1NCc1cc(F)ccc1Cl. The second kappa shape index (κ2) is 6.76. The molecule has 0 fully saturated rings. The summed E-state index contributed by atoms with van der Waals surface area (Å²) in [6.07, 6.45) is 1.93. The second-order valence-electron chi connectivity index (χ2n) is 4.75. The van der Waals surface area contributed by atoms with Gasteiger partial charge in [-0.3, -0.25) is 0 Å². The van der Waals surface area contributed by atoms with Gasteiger partial charge < -0.3 is 5.32 Å². The van der Waals surface area contributed by atoms with Crippen LogP contribution in [-0.4, -0.2) is 0 Å². The third kappa shape index (κ3) is 3.31. The van der Waals surface area contributed by atoms with E-state index in [2.05, 4.69) is 37.4 Å². The molecule has 0 aliphatic rings. The Hall–Kier alpha value is -1.54. The number of benzene rings is 2. The van der Waals surface area contributed by atoms with E-state index in [-0.39, 0.29) is 5.82 Å². The van der Waals surface area contributed by atoms with E-state index < -0.39 is 0 Å². The fraction of sp³-hybridized carbons (Fsp3) is 0.294. The molecule has 0 spiro atoms. The first-order valence-corrected chi connectivity index (χ1v) is 7.32. The highest BCUT2D eigenvalue weighted by Crippen LogP contribution is 2.25. The number of hydrogen-bond acceptors (Lipinski definition) is 1. The van der Waals surface area contributed by atoms with Crippen molar-refractivity contribution >= 4 is 17.3 Å². The zero-order valence-corrected chi connectivity index (χ0v) is 12.6. The number of aryl methyl sites for hydroxylation is 2. The van der Waals surface area contributed by atoms with Crippen LogP contribution in [0.15, 0.2) is 36.4 Å². The molecule has 106 valence electrons. The first-order chi connectivity index (χ1) is 9.65. The number of rotatable bonds is 5. The number of para-hydroxylation sites is 1. The number of hydrogen-bond donors (Lipinski definition) is 1. The van der Waals surface area contributed by atoms with Gasteiger partial charge in [-0.2, -0.15) is 0 Å². The Kier molecular flexibility index (Phi) is 5.02. The molecule has 0 aromatic heterocycles. The van der Waals surface area contributed by atoms with Crippen molar-refractivity contribution in [1.29, 1.82) is 0 Å². The van der Waals surface area contributed by atoms with Gasteiger partial charge >= 0.3 is 0 Å². The molecule has 2 rings (SSSR count). The van der Waals surface area contributed by atoms with Gasteiger partial charge in [0.05, 0.1) is 0 Å². The van der Waals surface area contributed by atoms with E-state index in [0.29, 0.717) is 11.6 Å². The summed E-state index contributed by atoms with van der Waals surface area (Å²) in [4.78, 5) is 0. The third-order valence-corrected chi connectivity index (χ3v) is 3.83. The van der Waals surface area contributed by atoms with Crippen molar-refractivity contribution in [2.75, 3.05) is 5.32 Å². The van der Waals surface area contributed by atoms with Gasteiger partial charge in [-0.05, 0) is 47.7 Å². The van der Waals surface area contributed by atoms with Crippen molar-refractivity contribution < 1.29 is 4.39 Å². The van der Waals surface area contributed by atoms with Gasteiger partial charge in [0.25, 0.3) is 0 Å². The lowest BCUT2D eigenvalue weighted by molar-refractivity contribution is 0.626. The van der Waals surface area contributed by atoms with Crippen molar-refractivity contribution in [3.05, 3.63) is 63.9 Å². The third-order valence-electron chi connectivity index (χ3n) is 3.46. The maximum absolute atomic E-state index is 13.3. The maximum Gasteiger partial charge on any atom is 0.123 e. The Morgan fingerprint density at radius 1 is 1.00 bits per heavy atom. The smallest absolute Gasteiger partial charge is 0.123 e. The van der Waals surface area contributed by atoms with Crippen molar-refractivity contribution in [1.82, 2.24) is 0 Å². The van der Waals surface area contributed by atoms with Crippen LogP contribution in [0.3, 0.4) is 0 Å². The van der Waals surface area contributed by atoms with Gasteiger partial charge in [-0.25, -0.2) is 4.39 Å². The van der Waals surface area contributed by atoms with Crippen molar-refractivity contribution in [2.24, 2.45) is 0 Å². The average molecular weight is 292 g/mol. The van der Waals surface area contributed by atoms with Crippen LogP contribution in [-0.2, 0) is 19.4 Å². The van der Waals surface area contributed by atoms with Gasteiger partial charge in [-0.1, -0.05) is 43.6 Å². The minimum atomic E-state index is -0.259. The zero-order valence-electron chi connectivity index (χ0n) is 11.8. The summed E-state index contributed by atoms with van der Waals surface area (Å²) >= 11 is 6.10. The fourth-order valence-electron chi connectivity index (χ4n) is 2.33. The zero-order chi connectivity index (χ0) is 14.5. The van der Waals surface area contributed by atoms with Gasteiger partial charge in [0.2, 0.25) is 0 Å². The molecule has 20 heavy (non-hydrogen) atoms. The van der Waals surface area contributed by atoms with Crippen molar-refractivity contribution in [2.45, 2.75) is 33.2 Å². The lowest BCUT2D eigenvalue weighted by atomic mass is 10.0. The molecule has 0 heterocycles. The highest BCUT2D eigenvalue weighted by molar-refractivity contribution is 6.31. The molecule has 0 saturated heterocycles. The highest BCUT2D eigenvalue weighted by Gasteiger charge is 2.07.